The van der Waals surface area contributed by atoms with Crippen LogP contribution in [0.15, 0.2) is 72.9 Å². The minimum absolute atomic E-state index is 0.0234. The molecule has 3 aromatic carbocycles. The predicted molar refractivity (Wildman–Crippen MR) is 271 cm³/mol. The maximum absolute atomic E-state index is 18.1. The van der Waals surface area contributed by atoms with E-state index in [9.17, 15) is 9.90 Å². The topological polar surface area (TPSA) is 154 Å². The van der Waals surface area contributed by atoms with Crippen LogP contribution < -0.4 is 34.1 Å². The summed E-state index contributed by atoms with van der Waals surface area (Å²) in [5.41, 5.74) is -1.25. The first kappa shape index (κ1) is 51.9. The molecule has 1 atom stereocenters. The number of amides is 1. The van der Waals surface area contributed by atoms with E-state index in [2.05, 4.69) is 54.1 Å². The summed E-state index contributed by atoms with van der Waals surface area (Å²) in [5.74, 6) is 0.178. The van der Waals surface area contributed by atoms with Crippen LogP contribution in [0.2, 0.25) is 23.2 Å². The predicted octanol–water partition coefficient (Wildman–Crippen LogP) is 12.7. The molecule has 3 aromatic heterocycles. The second-order valence-corrected chi connectivity index (χ2v) is 24.8. The van der Waals surface area contributed by atoms with Gasteiger partial charge in [0.05, 0.1) is 60.6 Å². The lowest BCUT2D eigenvalue weighted by molar-refractivity contribution is -0.137. The van der Waals surface area contributed by atoms with Crippen LogP contribution in [0.25, 0.3) is 22.2 Å². The molecule has 8 rings (SSSR count). The Morgan fingerprint density at radius 2 is 1.61 bits per heavy atom. The number of methoxy groups -OCH3 is 2. The monoisotopic (exact) mass is 1030 g/mol. The van der Waals surface area contributed by atoms with E-state index < -0.39 is 59.8 Å². The van der Waals surface area contributed by atoms with Gasteiger partial charge in [-0.3, -0.25) is 5.32 Å². The quantitative estimate of drug-likeness (QED) is 0.0699. The SMILES string of the molecule is COc1ccc(CN(Cc2ccc(OC)cc2)c2cc(C)c(C(F)(F)F)c(-c3c(Cl)c4c5c(nc(OCC6CC(O[Si](C)(C)C(C)(C)C)C6)nc5c3F)N([C@H](C)c3cccnc3NC(=O)O)CCO4)n2)cc1. The van der Waals surface area contributed by atoms with E-state index in [1.807, 2.05) is 24.3 Å². The standard InChI is InChI=1S/C52H58ClF4N7O7Si/c1-29-23-38(63(26-31-12-16-34(67-6)17-13-31)27-32-14-18-35(68-7)19-15-32)59-44(41(29)52(55,56)57)39-42(53)46-40-45(43(39)54)60-49(70-28-33-24-36(25-33)71-72(8,9)51(3,4)5)62-48(40)64(21-22-69-46)30(2)37-11-10-20-58-47(37)61-50(65)66/h10-20,23,30,33,36H,21-22,24-28H2,1-9H3,(H,58,61)(H,65,66)/t30-,33?,36?/m1/s1. The van der Waals surface area contributed by atoms with Crippen LogP contribution in [0.1, 0.15) is 74.4 Å². The van der Waals surface area contributed by atoms with Gasteiger partial charge in [0, 0.05) is 31.0 Å². The maximum Gasteiger partial charge on any atom is 0.418 e. The Morgan fingerprint density at radius 1 is 0.986 bits per heavy atom. The lowest BCUT2D eigenvalue weighted by Gasteiger charge is -2.44. The molecular weight excluding hydrogens is 974 g/mol. The number of benzene rings is 3. The third-order valence-electron chi connectivity index (χ3n) is 13.8. The molecule has 1 saturated carbocycles. The van der Waals surface area contributed by atoms with Gasteiger partial charge in [0.2, 0.25) is 0 Å². The van der Waals surface area contributed by atoms with E-state index in [1.165, 1.54) is 19.2 Å². The number of nitrogens with one attached hydrogen (secondary N) is 1. The number of nitrogens with zero attached hydrogens (tertiary/aromatic N) is 6. The van der Waals surface area contributed by atoms with Gasteiger partial charge in [-0.05, 0) is 104 Å². The van der Waals surface area contributed by atoms with E-state index >= 15 is 17.6 Å². The van der Waals surface area contributed by atoms with Crippen molar-refractivity contribution in [1.82, 2.24) is 19.9 Å². The summed E-state index contributed by atoms with van der Waals surface area (Å²) in [4.78, 5) is 33.7. The zero-order chi connectivity index (χ0) is 51.9. The second-order valence-electron chi connectivity index (χ2n) is 19.7. The van der Waals surface area contributed by atoms with Gasteiger partial charge in [-0.1, -0.05) is 62.7 Å². The third-order valence-corrected chi connectivity index (χ3v) is 18.7. The van der Waals surface area contributed by atoms with Gasteiger partial charge in [0.25, 0.3) is 0 Å². The van der Waals surface area contributed by atoms with Gasteiger partial charge in [0.15, 0.2) is 19.9 Å². The highest BCUT2D eigenvalue weighted by Crippen LogP contribution is 2.52. The molecule has 0 bridgehead atoms. The normalized spacial score (nSPS) is 16.3. The Hall–Kier alpha value is -6.44. The molecule has 0 saturated heterocycles. The number of hydrogen-bond donors (Lipinski definition) is 2. The molecule has 0 radical (unpaired) electrons. The van der Waals surface area contributed by atoms with Crippen LogP contribution in [-0.2, 0) is 23.7 Å². The molecule has 14 nitrogen and oxygen atoms in total. The average Bonchev–Trinajstić information content (AvgIpc) is 3.50. The van der Waals surface area contributed by atoms with Gasteiger partial charge >= 0.3 is 18.3 Å². The minimum atomic E-state index is -5.03. The van der Waals surface area contributed by atoms with E-state index in [0.717, 1.165) is 24.0 Å². The molecule has 0 unspecified atom stereocenters. The zero-order valence-electron chi connectivity index (χ0n) is 41.6. The van der Waals surface area contributed by atoms with E-state index in [0.29, 0.717) is 17.1 Å². The van der Waals surface area contributed by atoms with Crippen LogP contribution in [0.4, 0.5) is 39.8 Å². The van der Waals surface area contributed by atoms with E-state index in [4.69, 9.17) is 40.0 Å². The Morgan fingerprint density at radius 3 is 2.18 bits per heavy atom. The van der Waals surface area contributed by atoms with Crippen molar-refractivity contribution >= 4 is 54.4 Å². The fourth-order valence-electron chi connectivity index (χ4n) is 8.88. The van der Waals surface area contributed by atoms with Crippen LogP contribution in [0.3, 0.4) is 0 Å². The number of rotatable bonds is 16. The lowest BCUT2D eigenvalue weighted by atomic mass is 9.83. The van der Waals surface area contributed by atoms with Gasteiger partial charge < -0.3 is 38.3 Å². The Labute approximate surface area is 421 Å². The summed E-state index contributed by atoms with van der Waals surface area (Å²) in [5, 5.41) is 11.5. The minimum Gasteiger partial charge on any atom is -0.497 e. The summed E-state index contributed by atoms with van der Waals surface area (Å²) < 4.78 is 94.7. The van der Waals surface area contributed by atoms with Gasteiger partial charge in [-0.25, -0.2) is 19.2 Å². The third kappa shape index (κ3) is 10.8. The van der Waals surface area contributed by atoms with Gasteiger partial charge in [0.1, 0.15) is 41.1 Å². The first-order valence-corrected chi connectivity index (χ1v) is 26.8. The largest absolute Gasteiger partial charge is 0.497 e. The van der Waals surface area contributed by atoms with Crippen molar-refractivity contribution in [1.29, 1.82) is 0 Å². The Bertz CT molecular complexity index is 2910. The molecule has 6 aromatic rings. The Balaban J connectivity index is 1.28. The number of carbonyl (C=O) groups is 1. The highest BCUT2D eigenvalue weighted by atomic mass is 35.5. The summed E-state index contributed by atoms with van der Waals surface area (Å²) in [7, 11) is 1.06. The molecule has 4 heterocycles. The summed E-state index contributed by atoms with van der Waals surface area (Å²) in [6, 6.07) is 18.2. The van der Waals surface area contributed by atoms with Crippen molar-refractivity contribution in [3.8, 4) is 34.5 Å². The van der Waals surface area contributed by atoms with Gasteiger partial charge in [-0.15, -0.1) is 0 Å². The molecule has 1 amide bonds. The van der Waals surface area contributed by atoms with Gasteiger partial charge in [-0.2, -0.15) is 23.1 Å². The average molecular weight is 1030 g/mol. The smallest absolute Gasteiger partial charge is 0.418 e. The van der Waals surface area contributed by atoms with E-state index in [-0.39, 0.29) is 90.1 Å². The number of pyridine rings is 2. The molecule has 1 fully saturated rings. The first-order valence-electron chi connectivity index (χ1n) is 23.5. The molecule has 2 aliphatic rings. The molecular formula is C52H58ClF4N7O7Si. The summed E-state index contributed by atoms with van der Waals surface area (Å²) >= 11 is 7.20. The van der Waals surface area contributed by atoms with Crippen LogP contribution in [0.5, 0.6) is 23.3 Å². The molecule has 20 heteroatoms. The number of carboxylic acid groups (broad SMARTS) is 1. The number of ether oxygens (including phenoxy) is 4. The number of aryl methyl sites for hydroxylation is 1. The van der Waals surface area contributed by atoms with Crippen molar-refractivity contribution in [2.75, 3.05) is 49.1 Å². The van der Waals surface area contributed by atoms with Crippen molar-refractivity contribution in [3.05, 3.63) is 112 Å². The summed E-state index contributed by atoms with van der Waals surface area (Å²) in [6.45, 7) is 14.5. The van der Waals surface area contributed by atoms with Crippen molar-refractivity contribution < 1.29 is 50.8 Å². The lowest BCUT2D eigenvalue weighted by Crippen LogP contribution is -2.48. The van der Waals surface area contributed by atoms with Crippen LogP contribution in [0, 0.1) is 18.7 Å². The molecule has 2 N–H and O–H groups in total. The van der Waals surface area contributed by atoms with Crippen LogP contribution >= 0.6 is 11.6 Å². The highest BCUT2D eigenvalue weighted by molar-refractivity contribution is 6.74. The molecule has 72 heavy (non-hydrogen) atoms. The molecule has 0 spiro atoms. The highest BCUT2D eigenvalue weighted by Gasteiger charge is 2.44. The second kappa shape index (κ2) is 20.6. The first-order chi connectivity index (χ1) is 34.1. The fraction of sp³-hybridized carbons (Fsp3) is 0.404. The molecule has 1 aliphatic carbocycles. The summed E-state index contributed by atoms with van der Waals surface area (Å²) in [6.07, 6.45) is -3.44. The number of halogens is 5. The number of aromatic nitrogens is 4. The number of anilines is 3. The van der Waals surface area contributed by atoms with Crippen molar-refractivity contribution in [3.63, 3.8) is 0 Å². The van der Waals surface area contributed by atoms with Crippen molar-refractivity contribution in [2.24, 2.45) is 5.92 Å². The molecule has 1 aliphatic heterocycles. The van der Waals surface area contributed by atoms with E-state index in [1.54, 1.807) is 67.3 Å². The number of alkyl halides is 3. The number of hydrogen-bond acceptors (Lipinski definition) is 12. The van der Waals surface area contributed by atoms with Crippen LogP contribution in [-0.4, -0.2) is 79.5 Å². The zero-order valence-corrected chi connectivity index (χ0v) is 43.3. The Kier molecular flexibility index (Phi) is 14.8. The van der Waals surface area contributed by atoms with Crippen molar-refractivity contribution in [2.45, 2.75) is 97.0 Å². The molecule has 382 valence electrons. The fourth-order valence-corrected chi connectivity index (χ4v) is 10.6. The maximum atomic E-state index is 18.1.